The second-order valence-corrected chi connectivity index (χ2v) is 8.04. The van der Waals surface area contributed by atoms with Gasteiger partial charge in [0.05, 0.1) is 5.75 Å². The molecule has 0 saturated carbocycles. The number of furan rings is 1. The number of carbonyl (C=O) groups excluding carboxylic acids is 1. The van der Waals surface area contributed by atoms with Crippen molar-refractivity contribution in [2.75, 3.05) is 26.2 Å². The van der Waals surface area contributed by atoms with Crippen molar-refractivity contribution < 1.29 is 9.21 Å². The molecule has 27 heavy (non-hydrogen) atoms. The number of hydrogen-bond donors (Lipinski definition) is 1. The van der Waals surface area contributed by atoms with Gasteiger partial charge in [-0.25, -0.2) is 4.98 Å². The quantitative estimate of drug-likeness (QED) is 0.750. The van der Waals surface area contributed by atoms with Crippen molar-refractivity contribution in [1.29, 1.82) is 0 Å². The number of thioether (sulfide) groups is 1. The molecule has 0 aromatic carbocycles. The van der Waals surface area contributed by atoms with Crippen molar-refractivity contribution in [3.05, 3.63) is 36.0 Å². The van der Waals surface area contributed by atoms with Crippen LogP contribution in [0, 0.1) is 5.41 Å². The van der Waals surface area contributed by atoms with Gasteiger partial charge in [-0.05, 0) is 43.4 Å². The van der Waals surface area contributed by atoms with E-state index in [9.17, 15) is 4.79 Å². The maximum absolute atomic E-state index is 12.7. The van der Waals surface area contributed by atoms with Crippen molar-refractivity contribution in [2.45, 2.75) is 30.2 Å². The first-order valence-corrected chi connectivity index (χ1v) is 9.83. The zero-order valence-electron chi connectivity index (χ0n) is 15.3. The Morgan fingerprint density at radius 2 is 2.07 bits per heavy atom. The van der Waals surface area contributed by atoms with Gasteiger partial charge in [0, 0.05) is 39.1 Å². The third-order valence-corrected chi connectivity index (χ3v) is 6.52. The molecule has 9 heteroatoms. The first-order valence-electron chi connectivity index (χ1n) is 8.84. The Morgan fingerprint density at radius 3 is 2.70 bits per heavy atom. The molecule has 0 radical (unpaired) electrons. The zero-order valence-corrected chi connectivity index (χ0v) is 17.8. The van der Waals surface area contributed by atoms with Gasteiger partial charge in [-0.3, -0.25) is 4.79 Å². The predicted octanol–water partition coefficient (Wildman–Crippen LogP) is 3.36. The first-order chi connectivity index (χ1) is 12.2. The molecular formula is C18H26Cl2N4O2S. The monoisotopic (exact) mass is 432 g/mol. The number of amides is 1. The Balaban J connectivity index is 0.00000131. The number of likely N-dealkylation sites (tertiary alicyclic amines) is 1. The van der Waals surface area contributed by atoms with Crippen LogP contribution in [0.15, 0.2) is 34.1 Å². The van der Waals surface area contributed by atoms with E-state index in [0.29, 0.717) is 16.9 Å². The van der Waals surface area contributed by atoms with E-state index in [2.05, 4.69) is 10.3 Å². The number of aryl methyl sites for hydroxylation is 1. The number of rotatable bonds is 4. The van der Waals surface area contributed by atoms with Gasteiger partial charge in [-0.15, -0.1) is 24.8 Å². The molecule has 1 N–H and O–H groups in total. The third-order valence-electron chi connectivity index (χ3n) is 5.44. The minimum Gasteiger partial charge on any atom is -0.455 e. The van der Waals surface area contributed by atoms with E-state index in [4.69, 9.17) is 4.42 Å². The molecule has 0 unspecified atom stereocenters. The standard InChI is InChI=1S/C18H24N4O2S.2ClH/c1-21-11-8-20-17(21)25-12-14-2-3-15(24-14)16(23)22-9-5-18(6-10-22)4-7-19-13-18;;/h2-3,8,11,19H,4-7,9-10,12-13H2,1H3;2*1H. The van der Waals surface area contributed by atoms with Gasteiger partial charge in [0.25, 0.3) is 5.91 Å². The second kappa shape index (κ2) is 9.37. The molecule has 2 aromatic heterocycles. The number of nitrogens with zero attached hydrogens (tertiary/aromatic N) is 3. The zero-order chi connectivity index (χ0) is 17.3. The van der Waals surface area contributed by atoms with Gasteiger partial charge in [-0.1, -0.05) is 11.8 Å². The van der Waals surface area contributed by atoms with Crippen LogP contribution in [0.1, 0.15) is 35.6 Å². The molecule has 1 spiro atoms. The first kappa shape index (κ1) is 22.1. The van der Waals surface area contributed by atoms with Gasteiger partial charge in [0.1, 0.15) is 5.76 Å². The van der Waals surface area contributed by atoms with Crippen LogP contribution in [0.25, 0.3) is 0 Å². The molecule has 1 amide bonds. The minimum absolute atomic E-state index is 0. The SMILES string of the molecule is Cl.Cl.Cn1ccnc1SCc1ccc(C(=O)N2CCC3(CCNC3)CC2)o1. The molecule has 4 heterocycles. The predicted molar refractivity (Wildman–Crippen MR) is 111 cm³/mol. The van der Waals surface area contributed by atoms with E-state index >= 15 is 0 Å². The molecule has 150 valence electrons. The second-order valence-electron chi connectivity index (χ2n) is 7.09. The summed E-state index contributed by atoms with van der Waals surface area (Å²) in [5.41, 5.74) is 0.420. The normalized spacial score (nSPS) is 18.2. The summed E-state index contributed by atoms with van der Waals surface area (Å²) < 4.78 is 7.77. The third kappa shape index (κ3) is 4.83. The van der Waals surface area contributed by atoms with Crippen molar-refractivity contribution in [1.82, 2.24) is 19.8 Å². The smallest absolute Gasteiger partial charge is 0.289 e. The van der Waals surface area contributed by atoms with Crippen LogP contribution >= 0.6 is 36.6 Å². The highest BCUT2D eigenvalue weighted by Gasteiger charge is 2.38. The number of piperidine rings is 1. The molecule has 2 aliphatic heterocycles. The number of aromatic nitrogens is 2. The van der Waals surface area contributed by atoms with Crippen molar-refractivity contribution >= 4 is 42.5 Å². The highest BCUT2D eigenvalue weighted by atomic mass is 35.5. The lowest BCUT2D eigenvalue weighted by molar-refractivity contribution is 0.0576. The molecule has 0 bridgehead atoms. The van der Waals surface area contributed by atoms with E-state index in [1.165, 1.54) is 6.42 Å². The van der Waals surface area contributed by atoms with Crippen LogP contribution in [0.4, 0.5) is 0 Å². The molecule has 0 aliphatic carbocycles. The van der Waals surface area contributed by atoms with Gasteiger partial charge >= 0.3 is 0 Å². The van der Waals surface area contributed by atoms with Crippen LogP contribution in [-0.2, 0) is 12.8 Å². The molecule has 6 nitrogen and oxygen atoms in total. The summed E-state index contributed by atoms with van der Waals surface area (Å²) >= 11 is 1.61. The summed E-state index contributed by atoms with van der Waals surface area (Å²) in [5.74, 6) is 1.96. The number of hydrogen-bond acceptors (Lipinski definition) is 5. The fourth-order valence-corrected chi connectivity index (χ4v) is 4.59. The van der Waals surface area contributed by atoms with Crippen LogP contribution in [0.2, 0.25) is 0 Å². The van der Waals surface area contributed by atoms with Crippen LogP contribution in [0.3, 0.4) is 0 Å². The van der Waals surface area contributed by atoms with Crippen molar-refractivity contribution in [3.63, 3.8) is 0 Å². The van der Waals surface area contributed by atoms with Crippen LogP contribution in [-0.4, -0.2) is 46.5 Å². The molecule has 2 aliphatic rings. The number of carbonyl (C=O) groups is 1. The molecule has 0 atom stereocenters. The fourth-order valence-electron chi connectivity index (χ4n) is 3.76. The van der Waals surface area contributed by atoms with E-state index in [0.717, 1.165) is 49.9 Å². The Morgan fingerprint density at radius 1 is 1.30 bits per heavy atom. The van der Waals surface area contributed by atoms with Gasteiger partial charge in [0.2, 0.25) is 0 Å². The molecule has 2 aromatic rings. The number of nitrogens with one attached hydrogen (secondary N) is 1. The Hall–Kier alpha value is -1.15. The maximum atomic E-state index is 12.7. The molecule has 2 fully saturated rings. The highest BCUT2D eigenvalue weighted by molar-refractivity contribution is 7.98. The lowest BCUT2D eigenvalue weighted by Crippen LogP contribution is -2.43. The average Bonchev–Trinajstić information content (AvgIpc) is 3.35. The van der Waals surface area contributed by atoms with Gasteiger partial charge < -0.3 is 19.2 Å². The largest absolute Gasteiger partial charge is 0.455 e. The number of imidazole rings is 1. The summed E-state index contributed by atoms with van der Waals surface area (Å²) in [6.07, 6.45) is 7.12. The Bertz CT molecular complexity index is 748. The van der Waals surface area contributed by atoms with E-state index in [1.54, 1.807) is 24.0 Å². The minimum atomic E-state index is 0. The molecule has 4 rings (SSSR count). The van der Waals surface area contributed by atoms with E-state index in [-0.39, 0.29) is 30.7 Å². The highest BCUT2D eigenvalue weighted by Crippen LogP contribution is 2.37. The fraction of sp³-hybridized carbons (Fsp3) is 0.556. The summed E-state index contributed by atoms with van der Waals surface area (Å²) in [4.78, 5) is 18.9. The average molecular weight is 433 g/mol. The summed E-state index contributed by atoms with van der Waals surface area (Å²) in [5, 5.41) is 4.40. The topological polar surface area (TPSA) is 63.3 Å². The van der Waals surface area contributed by atoms with Crippen LogP contribution in [0.5, 0.6) is 0 Å². The summed E-state index contributed by atoms with van der Waals surface area (Å²) in [7, 11) is 1.97. The van der Waals surface area contributed by atoms with E-state index < -0.39 is 0 Å². The summed E-state index contributed by atoms with van der Waals surface area (Å²) in [6.45, 7) is 3.88. The summed E-state index contributed by atoms with van der Waals surface area (Å²) in [6, 6.07) is 3.70. The van der Waals surface area contributed by atoms with Crippen LogP contribution < -0.4 is 5.32 Å². The van der Waals surface area contributed by atoms with Gasteiger partial charge in [0.15, 0.2) is 10.9 Å². The van der Waals surface area contributed by atoms with Gasteiger partial charge in [-0.2, -0.15) is 0 Å². The lowest BCUT2D eigenvalue weighted by atomic mass is 9.78. The Kier molecular flexibility index (Phi) is 7.68. The van der Waals surface area contributed by atoms with Crippen molar-refractivity contribution in [3.8, 4) is 0 Å². The van der Waals surface area contributed by atoms with Crippen molar-refractivity contribution in [2.24, 2.45) is 12.5 Å². The maximum Gasteiger partial charge on any atom is 0.289 e. The molecular weight excluding hydrogens is 407 g/mol. The Labute approximate surface area is 176 Å². The number of halogens is 2. The van der Waals surface area contributed by atoms with E-state index in [1.807, 2.05) is 28.8 Å². The molecule has 2 saturated heterocycles. The lowest BCUT2D eigenvalue weighted by Gasteiger charge is -2.38.